The topological polar surface area (TPSA) is 85.0 Å². The van der Waals surface area contributed by atoms with E-state index in [4.69, 9.17) is 4.74 Å². The molecule has 0 unspecified atom stereocenters. The lowest BCUT2D eigenvalue weighted by Gasteiger charge is -2.19. The second-order valence-electron chi connectivity index (χ2n) is 5.10. The van der Waals surface area contributed by atoms with Gasteiger partial charge in [0.1, 0.15) is 0 Å². The predicted octanol–water partition coefficient (Wildman–Crippen LogP) is 3.60. The number of nitro groups is 1. The Morgan fingerprint density at radius 1 is 1.29 bits per heavy atom. The highest BCUT2D eigenvalue weighted by Gasteiger charge is 2.33. The third kappa shape index (κ3) is 3.13. The van der Waals surface area contributed by atoms with E-state index in [-0.39, 0.29) is 17.5 Å². The molecule has 0 saturated heterocycles. The molecule has 1 heterocycles. The molecule has 1 aliphatic rings. The van der Waals surface area contributed by atoms with Crippen LogP contribution in [-0.4, -0.2) is 21.7 Å². The van der Waals surface area contributed by atoms with Crippen LogP contribution in [0.1, 0.15) is 24.3 Å². The number of halogens is 1. The quantitative estimate of drug-likeness (QED) is 0.592. The molecule has 24 heavy (non-hydrogen) atoms. The Morgan fingerprint density at radius 2 is 2.00 bits per heavy atom. The van der Waals surface area contributed by atoms with Crippen LogP contribution in [0.4, 0.5) is 5.69 Å². The molecule has 0 bridgehead atoms. The van der Waals surface area contributed by atoms with Crippen molar-refractivity contribution in [2.24, 2.45) is 5.10 Å². The average molecular weight is 390 g/mol. The number of ether oxygens (including phenoxy) is 1. The molecule has 8 heteroatoms. The lowest BCUT2D eigenvalue weighted by Crippen LogP contribution is -2.25. The van der Waals surface area contributed by atoms with E-state index in [0.29, 0.717) is 5.56 Å². The Hall–Kier alpha value is -2.74. The van der Waals surface area contributed by atoms with Gasteiger partial charge in [0.25, 0.3) is 5.69 Å². The van der Waals surface area contributed by atoms with Crippen molar-refractivity contribution in [3.63, 3.8) is 0 Å². The third-order valence-electron chi connectivity index (χ3n) is 3.43. The van der Waals surface area contributed by atoms with Crippen molar-refractivity contribution in [1.29, 1.82) is 0 Å². The zero-order chi connectivity index (χ0) is 17.3. The molecule has 122 valence electrons. The Morgan fingerprint density at radius 3 is 2.62 bits per heavy atom. The van der Waals surface area contributed by atoms with Crippen LogP contribution in [0.5, 0.6) is 0 Å². The van der Waals surface area contributed by atoms with Crippen LogP contribution in [0.25, 0.3) is 0 Å². The molecular formula is C16H12BrN3O4. The van der Waals surface area contributed by atoms with Gasteiger partial charge in [0, 0.05) is 34.7 Å². The maximum atomic E-state index is 11.9. The Balaban J connectivity index is 1.95. The molecule has 0 radical (unpaired) electrons. The molecule has 3 rings (SSSR count). The van der Waals surface area contributed by atoms with E-state index >= 15 is 0 Å². The molecule has 0 aliphatic carbocycles. The minimum atomic E-state index is -0.704. The lowest BCUT2D eigenvalue weighted by molar-refractivity contribution is -0.384. The van der Waals surface area contributed by atoms with E-state index in [1.165, 1.54) is 24.1 Å². The van der Waals surface area contributed by atoms with Gasteiger partial charge in [0.15, 0.2) is 0 Å². The van der Waals surface area contributed by atoms with Gasteiger partial charge in [0.2, 0.25) is 18.0 Å². The maximum Gasteiger partial charge on any atom is 0.270 e. The van der Waals surface area contributed by atoms with Crippen LogP contribution in [0.2, 0.25) is 0 Å². The van der Waals surface area contributed by atoms with Crippen molar-refractivity contribution in [2.45, 2.75) is 13.2 Å². The third-order valence-corrected chi connectivity index (χ3v) is 3.95. The molecule has 0 saturated carbocycles. The van der Waals surface area contributed by atoms with Gasteiger partial charge in [-0.2, -0.15) is 5.01 Å². The number of rotatable bonds is 3. The molecular weight excluding hydrogens is 378 g/mol. The van der Waals surface area contributed by atoms with Crippen molar-refractivity contribution in [3.05, 3.63) is 74.2 Å². The number of hydrogen-bond donors (Lipinski definition) is 0. The summed E-state index contributed by atoms with van der Waals surface area (Å²) in [5.74, 6) is -0.120. The fourth-order valence-electron chi connectivity index (χ4n) is 2.28. The molecule has 0 fully saturated rings. The first-order chi connectivity index (χ1) is 11.5. The number of non-ortho nitro benzene ring substituents is 1. The van der Waals surface area contributed by atoms with Gasteiger partial charge >= 0.3 is 0 Å². The molecule has 0 N–H and O–H groups in total. The first-order valence-electron chi connectivity index (χ1n) is 7.01. The van der Waals surface area contributed by atoms with Crippen molar-refractivity contribution in [3.8, 4) is 0 Å². The first kappa shape index (κ1) is 16.1. The fourth-order valence-corrected chi connectivity index (χ4v) is 2.54. The van der Waals surface area contributed by atoms with Crippen LogP contribution >= 0.6 is 15.9 Å². The number of amides is 1. The summed E-state index contributed by atoms with van der Waals surface area (Å²) in [6.45, 7) is 1.38. The van der Waals surface area contributed by atoms with Crippen LogP contribution < -0.4 is 0 Å². The van der Waals surface area contributed by atoms with E-state index in [9.17, 15) is 14.9 Å². The number of hydrazone groups is 1. The monoisotopic (exact) mass is 389 g/mol. The minimum absolute atomic E-state index is 0.0692. The summed E-state index contributed by atoms with van der Waals surface area (Å²) in [5, 5.41) is 16.3. The van der Waals surface area contributed by atoms with Gasteiger partial charge in [-0.1, -0.05) is 34.1 Å². The van der Waals surface area contributed by atoms with E-state index in [0.717, 1.165) is 10.0 Å². The first-order valence-corrected chi connectivity index (χ1v) is 7.80. The van der Waals surface area contributed by atoms with Gasteiger partial charge in [-0.05, 0) is 18.2 Å². The summed E-state index contributed by atoms with van der Waals surface area (Å²) in [6, 6.07) is 13.2. The van der Waals surface area contributed by atoms with Gasteiger partial charge in [-0.15, -0.1) is 5.10 Å². The summed E-state index contributed by atoms with van der Waals surface area (Å²) >= 11 is 3.35. The molecule has 1 amide bonds. The van der Waals surface area contributed by atoms with Crippen molar-refractivity contribution in [1.82, 2.24) is 5.01 Å². The summed E-state index contributed by atoms with van der Waals surface area (Å²) in [4.78, 5) is 22.3. The van der Waals surface area contributed by atoms with Gasteiger partial charge < -0.3 is 4.74 Å². The van der Waals surface area contributed by atoms with Crippen LogP contribution in [0.15, 0.2) is 58.1 Å². The fraction of sp³-hybridized carbons (Fsp3) is 0.125. The van der Waals surface area contributed by atoms with Gasteiger partial charge in [0.05, 0.1) is 4.92 Å². The van der Waals surface area contributed by atoms with Crippen molar-refractivity contribution in [2.75, 3.05) is 0 Å². The molecule has 2 aromatic rings. The van der Waals surface area contributed by atoms with E-state index in [1.807, 2.05) is 24.3 Å². The van der Waals surface area contributed by atoms with E-state index in [1.54, 1.807) is 12.1 Å². The molecule has 1 atom stereocenters. The van der Waals surface area contributed by atoms with Crippen molar-refractivity contribution < 1.29 is 14.5 Å². The lowest BCUT2D eigenvalue weighted by atomic mass is 10.2. The highest BCUT2D eigenvalue weighted by Crippen LogP contribution is 2.31. The Kier molecular flexibility index (Phi) is 4.30. The molecule has 0 spiro atoms. The smallest absolute Gasteiger partial charge is 0.270 e. The zero-order valence-corrected chi connectivity index (χ0v) is 14.1. The minimum Gasteiger partial charge on any atom is -0.446 e. The maximum absolute atomic E-state index is 11.9. The predicted molar refractivity (Wildman–Crippen MR) is 90.1 cm³/mol. The number of nitrogens with zero attached hydrogens (tertiary/aromatic N) is 3. The van der Waals surface area contributed by atoms with E-state index in [2.05, 4.69) is 21.0 Å². The van der Waals surface area contributed by atoms with Crippen LogP contribution in [-0.2, 0) is 9.53 Å². The number of benzene rings is 2. The standard InChI is InChI=1S/C16H12BrN3O4/c1-10(21)19-16(11-5-7-13(17)8-6-11)24-15(18-19)12-3-2-4-14(9-12)20(22)23/h2-9,16H,1H3/t16-/m1/s1. The molecule has 2 aromatic carbocycles. The largest absolute Gasteiger partial charge is 0.446 e. The number of nitro benzene ring substituents is 1. The Bertz CT molecular complexity index is 835. The van der Waals surface area contributed by atoms with Crippen LogP contribution in [0.3, 0.4) is 0 Å². The second-order valence-corrected chi connectivity index (χ2v) is 6.01. The summed E-state index contributed by atoms with van der Waals surface area (Å²) in [5.41, 5.74) is 1.12. The SMILES string of the molecule is CC(=O)N1N=C(c2cccc([N+](=O)[O-])c2)O[C@@H]1c1ccc(Br)cc1. The molecule has 7 nitrogen and oxygen atoms in total. The Labute approximate surface area is 145 Å². The second kappa shape index (κ2) is 6.40. The molecule has 0 aromatic heterocycles. The zero-order valence-electron chi connectivity index (χ0n) is 12.5. The van der Waals surface area contributed by atoms with Crippen LogP contribution in [0, 0.1) is 10.1 Å². The summed E-state index contributed by atoms with van der Waals surface area (Å²) in [7, 11) is 0. The van der Waals surface area contributed by atoms with Gasteiger partial charge in [-0.25, -0.2) is 0 Å². The average Bonchev–Trinajstić information content (AvgIpc) is 3.01. The number of carbonyl (C=O) groups is 1. The van der Waals surface area contributed by atoms with E-state index < -0.39 is 11.2 Å². The van der Waals surface area contributed by atoms with Crippen molar-refractivity contribution >= 4 is 33.4 Å². The molecule has 1 aliphatic heterocycles. The number of carbonyl (C=O) groups excluding carboxylic acids is 1. The summed E-state index contributed by atoms with van der Waals surface area (Å²) < 4.78 is 6.70. The number of hydrogen-bond acceptors (Lipinski definition) is 5. The van der Waals surface area contributed by atoms with Gasteiger partial charge in [-0.3, -0.25) is 14.9 Å². The summed E-state index contributed by atoms with van der Waals surface area (Å²) in [6.07, 6.45) is -0.704. The normalized spacial score (nSPS) is 16.5. The highest BCUT2D eigenvalue weighted by molar-refractivity contribution is 9.10. The highest BCUT2D eigenvalue weighted by atomic mass is 79.9.